The van der Waals surface area contributed by atoms with Crippen molar-refractivity contribution in [1.82, 2.24) is 0 Å². The summed E-state index contributed by atoms with van der Waals surface area (Å²) in [5.41, 5.74) is 0. The van der Waals surface area contributed by atoms with E-state index >= 15 is 0 Å². The highest BCUT2D eigenvalue weighted by Crippen LogP contribution is 2.39. The highest BCUT2D eigenvalue weighted by atomic mass is 16.1. The maximum atomic E-state index is 12.3. The fourth-order valence-corrected chi connectivity index (χ4v) is 3.47. The zero-order valence-corrected chi connectivity index (χ0v) is 12.3. The molecule has 2 fully saturated rings. The second-order valence-corrected chi connectivity index (χ2v) is 7.17. The number of rotatable bonds is 8. The van der Waals surface area contributed by atoms with Gasteiger partial charge in [0.2, 0.25) is 0 Å². The van der Waals surface area contributed by atoms with Gasteiger partial charge in [0.1, 0.15) is 5.78 Å². The first-order chi connectivity index (χ1) is 8.65. The van der Waals surface area contributed by atoms with Crippen molar-refractivity contribution in [2.24, 2.45) is 23.7 Å². The minimum absolute atomic E-state index is 0.403. The van der Waals surface area contributed by atoms with Gasteiger partial charge in [-0.15, -0.1) is 0 Å². The summed E-state index contributed by atoms with van der Waals surface area (Å²) in [4.78, 5) is 12.3. The molecule has 1 unspecified atom stereocenters. The molecule has 0 heterocycles. The SMILES string of the molecule is CC(C)CC(=O)C(CCC1CCCC1)CC1CC1. The standard InChI is InChI=1S/C17H30O/c1-13(2)11-17(18)16(12-15-7-8-15)10-9-14-5-3-4-6-14/h13-16H,3-12H2,1-2H3. The maximum Gasteiger partial charge on any atom is 0.136 e. The van der Waals surface area contributed by atoms with E-state index in [9.17, 15) is 4.79 Å². The van der Waals surface area contributed by atoms with Gasteiger partial charge in [0.15, 0.2) is 0 Å². The summed E-state index contributed by atoms with van der Waals surface area (Å²) in [6.07, 6.45) is 13.0. The summed E-state index contributed by atoms with van der Waals surface area (Å²) in [5, 5.41) is 0. The molecule has 104 valence electrons. The van der Waals surface area contributed by atoms with Crippen LogP contribution in [0.5, 0.6) is 0 Å². The predicted octanol–water partition coefficient (Wildman–Crippen LogP) is 4.99. The Kier molecular flexibility index (Phi) is 5.26. The molecule has 0 radical (unpaired) electrons. The van der Waals surface area contributed by atoms with E-state index in [0.717, 1.165) is 18.3 Å². The van der Waals surface area contributed by atoms with Gasteiger partial charge in [-0.25, -0.2) is 0 Å². The average Bonchev–Trinajstić information content (AvgIpc) is 2.97. The van der Waals surface area contributed by atoms with Gasteiger partial charge in [0.05, 0.1) is 0 Å². The van der Waals surface area contributed by atoms with Crippen LogP contribution in [0.4, 0.5) is 0 Å². The summed E-state index contributed by atoms with van der Waals surface area (Å²) in [6, 6.07) is 0. The molecule has 0 aromatic rings. The lowest BCUT2D eigenvalue weighted by Crippen LogP contribution is -2.18. The molecule has 0 saturated heterocycles. The number of hydrogen-bond donors (Lipinski definition) is 0. The molecule has 2 rings (SSSR count). The van der Waals surface area contributed by atoms with E-state index in [2.05, 4.69) is 13.8 Å². The molecule has 0 spiro atoms. The van der Waals surface area contributed by atoms with E-state index in [4.69, 9.17) is 0 Å². The third-order valence-corrected chi connectivity index (χ3v) is 4.78. The van der Waals surface area contributed by atoms with Crippen LogP contribution in [0.3, 0.4) is 0 Å². The number of ketones is 1. The van der Waals surface area contributed by atoms with E-state index in [1.165, 1.54) is 57.8 Å². The van der Waals surface area contributed by atoms with Crippen molar-refractivity contribution in [3.05, 3.63) is 0 Å². The molecule has 2 aliphatic carbocycles. The van der Waals surface area contributed by atoms with Crippen molar-refractivity contribution in [3.63, 3.8) is 0 Å². The molecule has 18 heavy (non-hydrogen) atoms. The van der Waals surface area contributed by atoms with E-state index in [-0.39, 0.29) is 0 Å². The lowest BCUT2D eigenvalue weighted by atomic mass is 9.85. The third kappa shape index (κ3) is 4.74. The van der Waals surface area contributed by atoms with E-state index in [0.29, 0.717) is 17.6 Å². The molecule has 1 nitrogen and oxygen atoms in total. The van der Waals surface area contributed by atoms with Crippen LogP contribution in [-0.4, -0.2) is 5.78 Å². The zero-order valence-electron chi connectivity index (χ0n) is 12.3. The average molecular weight is 250 g/mol. The predicted molar refractivity (Wildman–Crippen MR) is 76.5 cm³/mol. The van der Waals surface area contributed by atoms with Crippen LogP contribution in [0.15, 0.2) is 0 Å². The smallest absolute Gasteiger partial charge is 0.136 e. The monoisotopic (exact) mass is 250 g/mol. The molecular weight excluding hydrogens is 220 g/mol. The Balaban J connectivity index is 1.77. The summed E-state index contributed by atoms with van der Waals surface area (Å²) in [7, 11) is 0. The van der Waals surface area contributed by atoms with Crippen LogP contribution >= 0.6 is 0 Å². The first-order valence-corrected chi connectivity index (χ1v) is 8.18. The van der Waals surface area contributed by atoms with Gasteiger partial charge in [0, 0.05) is 12.3 Å². The largest absolute Gasteiger partial charge is 0.299 e. The van der Waals surface area contributed by atoms with Gasteiger partial charge < -0.3 is 0 Å². The molecular formula is C17H30O. The number of carbonyl (C=O) groups is 1. The second-order valence-electron chi connectivity index (χ2n) is 7.17. The second kappa shape index (κ2) is 6.73. The fraction of sp³-hybridized carbons (Fsp3) is 0.941. The normalized spacial score (nSPS) is 22.6. The fourth-order valence-electron chi connectivity index (χ4n) is 3.47. The molecule has 0 aromatic carbocycles. The third-order valence-electron chi connectivity index (χ3n) is 4.78. The number of carbonyl (C=O) groups excluding carboxylic acids is 1. The van der Waals surface area contributed by atoms with E-state index in [1.54, 1.807) is 0 Å². The number of hydrogen-bond acceptors (Lipinski definition) is 1. The highest BCUT2D eigenvalue weighted by molar-refractivity contribution is 5.81. The Bertz CT molecular complexity index is 259. The van der Waals surface area contributed by atoms with E-state index < -0.39 is 0 Å². The van der Waals surface area contributed by atoms with Crippen LogP contribution in [0.25, 0.3) is 0 Å². The molecule has 0 bridgehead atoms. The molecule has 1 heteroatoms. The van der Waals surface area contributed by atoms with Crippen molar-refractivity contribution >= 4 is 5.78 Å². The Hall–Kier alpha value is -0.330. The van der Waals surface area contributed by atoms with Crippen molar-refractivity contribution in [2.75, 3.05) is 0 Å². The lowest BCUT2D eigenvalue weighted by Gasteiger charge is -2.18. The van der Waals surface area contributed by atoms with Crippen molar-refractivity contribution in [1.29, 1.82) is 0 Å². The van der Waals surface area contributed by atoms with E-state index in [1.807, 2.05) is 0 Å². The van der Waals surface area contributed by atoms with Crippen molar-refractivity contribution in [2.45, 2.75) is 78.1 Å². The van der Waals surface area contributed by atoms with Gasteiger partial charge in [-0.05, 0) is 37.0 Å². The molecule has 0 N–H and O–H groups in total. The van der Waals surface area contributed by atoms with Crippen molar-refractivity contribution in [3.8, 4) is 0 Å². The van der Waals surface area contributed by atoms with Crippen LogP contribution in [0.2, 0.25) is 0 Å². The minimum atomic E-state index is 0.403. The van der Waals surface area contributed by atoms with Gasteiger partial charge >= 0.3 is 0 Å². The molecule has 2 aliphatic rings. The molecule has 0 aliphatic heterocycles. The lowest BCUT2D eigenvalue weighted by molar-refractivity contribution is -0.124. The van der Waals surface area contributed by atoms with Gasteiger partial charge in [-0.3, -0.25) is 4.79 Å². The quantitative estimate of drug-likeness (QED) is 0.593. The minimum Gasteiger partial charge on any atom is -0.299 e. The van der Waals surface area contributed by atoms with Crippen LogP contribution in [-0.2, 0) is 4.79 Å². The summed E-state index contributed by atoms with van der Waals surface area (Å²) < 4.78 is 0. The summed E-state index contributed by atoms with van der Waals surface area (Å²) in [6.45, 7) is 4.34. The number of Topliss-reactive ketones (excluding diaryl/α,β-unsaturated/α-hetero) is 1. The Morgan fingerprint density at radius 3 is 2.28 bits per heavy atom. The topological polar surface area (TPSA) is 17.1 Å². The molecule has 0 amide bonds. The van der Waals surface area contributed by atoms with Crippen molar-refractivity contribution < 1.29 is 4.79 Å². The van der Waals surface area contributed by atoms with Gasteiger partial charge in [-0.2, -0.15) is 0 Å². The first kappa shape index (κ1) is 14.1. The Labute approximate surface area is 113 Å². The molecule has 0 aromatic heterocycles. The summed E-state index contributed by atoms with van der Waals surface area (Å²) in [5.74, 6) is 3.34. The Morgan fingerprint density at radius 2 is 1.72 bits per heavy atom. The maximum absolute atomic E-state index is 12.3. The zero-order chi connectivity index (χ0) is 13.0. The molecule has 1 atom stereocenters. The Morgan fingerprint density at radius 1 is 1.06 bits per heavy atom. The van der Waals surface area contributed by atoms with Gasteiger partial charge in [-0.1, -0.05) is 52.4 Å². The van der Waals surface area contributed by atoms with Crippen LogP contribution in [0, 0.1) is 23.7 Å². The molecule has 2 saturated carbocycles. The van der Waals surface area contributed by atoms with Gasteiger partial charge in [0.25, 0.3) is 0 Å². The first-order valence-electron chi connectivity index (χ1n) is 8.18. The van der Waals surface area contributed by atoms with Crippen LogP contribution in [0.1, 0.15) is 78.1 Å². The highest BCUT2D eigenvalue weighted by Gasteiger charge is 2.29. The summed E-state index contributed by atoms with van der Waals surface area (Å²) >= 11 is 0. The van der Waals surface area contributed by atoms with Crippen LogP contribution < -0.4 is 0 Å².